The molecule has 0 heterocycles. The number of carbonyl (C=O) groups is 1. The van der Waals surface area contributed by atoms with E-state index in [2.05, 4.69) is 20.9 Å². The maximum Gasteiger partial charge on any atom is 0.497 e. The number of ether oxygens (including phenoxy) is 1. The molecule has 0 aliphatic heterocycles. The van der Waals surface area contributed by atoms with Gasteiger partial charge in [-0.3, -0.25) is 0 Å². The Morgan fingerprint density at radius 2 is 2.15 bits per heavy atom. The van der Waals surface area contributed by atoms with Crippen LogP contribution in [0.1, 0.15) is 6.92 Å². The van der Waals surface area contributed by atoms with E-state index in [0.717, 1.165) is 6.08 Å². The monoisotopic (exact) mass is 212 g/mol. The zero-order valence-corrected chi connectivity index (χ0v) is 7.64. The molecule has 0 aliphatic rings. The molecule has 8 heteroatoms. The van der Waals surface area contributed by atoms with E-state index in [-0.39, 0.29) is 0 Å². The lowest BCUT2D eigenvalue weighted by molar-refractivity contribution is -0.311. The third kappa shape index (κ3) is 7.63. The van der Waals surface area contributed by atoms with Gasteiger partial charge in [0.15, 0.2) is 0 Å². The summed E-state index contributed by atoms with van der Waals surface area (Å²) in [5.74, 6) is -0.790. The average Bonchev–Trinajstić information content (AvgIpc) is 1.99. The van der Waals surface area contributed by atoms with Gasteiger partial charge in [0.05, 0.1) is 0 Å². The molecular weight excluding hydrogens is 203 g/mol. The molecule has 13 heavy (non-hydrogen) atoms. The highest BCUT2D eigenvalue weighted by atomic mass is 31.2. The summed E-state index contributed by atoms with van der Waals surface area (Å²) < 4.78 is 18.0. The number of esters is 1. The van der Waals surface area contributed by atoms with Crippen molar-refractivity contribution in [2.24, 2.45) is 0 Å². The van der Waals surface area contributed by atoms with E-state index in [1.807, 2.05) is 0 Å². The molecule has 0 saturated carbocycles. The van der Waals surface area contributed by atoms with E-state index >= 15 is 0 Å². The minimum Gasteiger partial charge on any atom is -0.430 e. The zero-order valence-electron chi connectivity index (χ0n) is 6.74. The van der Waals surface area contributed by atoms with E-state index in [1.165, 1.54) is 6.92 Å². The van der Waals surface area contributed by atoms with E-state index in [0.29, 0.717) is 0 Å². The quantitative estimate of drug-likeness (QED) is 0.166. The van der Waals surface area contributed by atoms with Crippen LogP contribution < -0.4 is 0 Å². The first-order valence-corrected chi connectivity index (χ1v) is 4.62. The lowest BCUT2D eigenvalue weighted by atomic mass is 10.6. The highest BCUT2D eigenvalue weighted by molar-refractivity contribution is 7.46. The van der Waals surface area contributed by atoms with Crippen molar-refractivity contribution >= 4 is 13.8 Å². The predicted octanol–water partition coefficient (Wildman–Crippen LogP) is 0.102. The van der Waals surface area contributed by atoms with Crippen molar-refractivity contribution in [3.63, 3.8) is 0 Å². The van der Waals surface area contributed by atoms with Crippen molar-refractivity contribution in [3.05, 3.63) is 12.7 Å². The second kappa shape index (κ2) is 5.11. The van der Waals surface area contributed by atoms with Crippen LogP contribution in [0.3, 0.4) is 0 Å². The molecule has 0 radical (unpaired) electrons. The molecular formula is C5H9O7P. The van der Waals surface area contributed by atoms with E-state index in [4.69, 9.17) is 9.79 Å². The van der Waals surface area contributed by atoms with E-state index < -0.39 is 20.1 Å². The van der Waals surface area contributed by atoms with Crippen molar-refractivity contribution in [2.75, 3.05) is 0 Å². The molecule has 2 N–H and O–H groups in total. The maximum atomic E-state index is 10.5. The van der Waals surface area contributed by atoms with Crippen LogP contribution >= 0.6 is 7.82 Å². The molecule has 76 valence electrons. The summed E-state index contributed by atoms with van der Waals surface area (Å²) in [5, 5.41) is 0. The molecule has 0 rings (SSSR count). The molecule has 1 unspecified atom stereocenters. The summed E-state index contributed by atoms with van der Waals surface area (Å²) in [6, 6.07) is 0. The second-order valence-electron chi connectivity index (χ2n) is 1.87. The third-order valence-electron chi connectivity index (χ3n) is 0.724. The minimum atomic E-state index is -4.71. The Labute approximate surface area is 74.1 Å². The molecule has 0 saturated heterocycles. The first-order valence-electron chi connectivity index (χ1n) is 3.09. The van der Waals surface area contributed by atoms with Crippen LogP contribution in [0, 0.1) is 0 Å². The first-order chi connectivity index (χ1) is 5.85. The summed E-state index contributed by atoms with van der Waals surface area (Å²) in [4.78, 5) is 30.8. The topological polar surface area (TPSA) is 102 Å². The Kier molecular flexibility index (Phi) is 4.82. The molecule has 0 bridgehead atoms. The third-order valence-corrected chi connectivity index (χ3v) is 1.00. The van der Waals surface area contributed by atoms with Crippen LogP contribution in [0.15, 0.2) is 12.7 Å². The Hall–Kier alpha value is -0.720. The van der Waals surface area contributed by atoms with Crippen molar-refractivity contribution in [1.29, 1.82) is 0 Å². The Morgan fingerprint density at radius 1 is 1.62 bits per heavy atom. The van der Waals surface area contributed by atoms with Crippen molar-refractivity contribution < 1.29 is 33.4 Å². The molecule has 0 spiro atoms. The van der Waals surface area contributed by atoms with Gasteiger partial charge in [0, 0.05) is 13.0 Å². The molecule has 7 nitrogen and oxygen atoms in total. The van der Waals surface area contributed by atoms with E-state index in [9.17, 15) is 9.36 Å². The Balaban J connectivity index is 3.76. The van der Waals surface area contributed by atoms with Gasteiger partial charge in [0.25, 0.3) is 0 Å². The van der Waals surface area contributed by atoms with E-state index in [1.54, 1.807) is 0 Å². The first kappa shape index (κ1) is 12.3. The molecule has 0 fully saturated rings. The highest BCUT2D eigenvalue weighted by Crippen LogP contribution is 2.36. The summed E-state index contributed by atoms with van der Waals surface area (Å²) in [7, 11) is -4.71. The van der Waals surface area contributed by atoms with Gasteiger partial charge in [0.1, 0.15) is 0 Å². The number of phosphoric acid groups is 1. The molecule has 0 aliphatic carbocycles. The summed E-state index contributed by atoms with van der Waals surface area (Å²) in [5.41, 5.74) is 0. The number of rotatable bonds is 5. The van der Waals surface area contributed by atoms with Crippen molar-refractivity contribution in [2.45, 2.75) is 13.2 Å². The van der Waals surface area contributed by atoms with Crippen LogP contribution in [0.25, 0.3) is 0 Å². The second-order valence-corrected chi connectivity index (χ2v) is 3.00. The molecule has 0 amide bonds. The normalized spacial score (nSPS) is 13.5. The van der Waals surface area contributed by atoms with Gasteiger partial charge in [0.2, 0.25) is 6.29 Å². The highest BCUT2D eigenvalue weighted by Gasteiger charge is 2.18. The fourth-order valence-corrected chi connectivity index (χ4v) is 0.581. The van der Waals surface area contributed by atoms with Gasteiger partial charge < -0.3 is 14.5 Å². The van der Waals surface area contributed by atoms with Gasteiger partial charge in [-0.25, -0.2) is 9.36 Å². The minimum absolute atomic E-state index is 0.790. The Morgan fingerprint density at radius 3 is 2.54 bits per heavy atom. The lowest BCUT2D eigenvalue weighted by Gasteiger charge is -2.11. The van der Waals surface area contributed by atoms with Crippen LogP contribution in [-0.4, -0.2) is 22.0 Å². The van der Waals surface area contributed by atoms with Gasteiger partial charge in [-0.15, -0.1) is 4.67 Å². The smallest absolute Gasteiger partial charge is 0.430 e. The largest absolute Gasteiger partial charge is 0.497 e. The van der Waals surface area contributed by atoms with Gasteiger partial charge in [-0.2, -0.15) is 4.89 Å². The van der Waals surface area contributed by atoms with Gasteiger partial charge in [-0.05, 0) is 0 Å². The summed E-state index contributed by atoms with van der Waals surface area (Å²) in [6.45, 7) is 4.32. The molecule has 0 aromatic rings. The summed E-state index contributed by atoms with van der Waals surface area (Å²) in [6.07, 6.45) is -0.352. The lowest BCUT2D eigenvalue weighted by Crippen LogP contribution is -2.16. The average molecular weight is 212 g/mol. The predicted molar refractivity (Wildman–Crippen MR) is 40.0 cm³/mol. The SMILES string of the molecule is C=CC(=O)OC(C)OOP(=O)(O)O. The van der Waals surface area contributed by atoms with Gasteiger partial charge in [-0.1, -0.05) is 6.58 Å². The zero-order chi connectivity index (χ0) is 10.5. The number of hydrogen-bond donors (Lipinski definition) is 2. The van der Waals surface area contributed by atoms with Crippen molar-refractivity contribution in [1.82, 2.24) is 0 Å². The summed E-state index contributed by atoms with van der Waals surface area (Å²) >= 11 is 0. The molecule has 0 aromatic heterocycles. The molecule has 1 atom stereocenters. The van der Waals surface area contributed by atoms with Crippen LogP contribution in [0.5, 0.6) is 0 Å². The van der Waals surface area contributed by atoms with Crippen LogP contribution in [0.2, 0.25) is 0 Å². The standard InChI is InChI=1S/C5H9O7P/c1-3-5(6)10-4(2)11-12-13(7,8)9/h3-4H,1H2,2H3,(H2,7,8,9). The fourth-order valence-electron chi connectivity index (χ4n) is 0.348. The molecule has 0 aromatic carbocycles. The van der Waals surface area contributed by atoms with Crippen molar-refractivity contribution in [3.8, 4) is 0 Å². The van der Waals surface area contributed by atoms with Gasteiger partial charge >= 0.3 is 13.8 Å². The number of carbonyl (C=O) groups excluding carboxylic acids is 1. The van der Waals surface area contributed by atoms with Crippen LogP contribution in [-0.2, 0) is 23.7 Å². The number of hydrogen-bond acceptors (Lipinski definition) is 5. The van der Waals surface area contributed by atoms with Crippen LogP contribution in [0.4, 0.5) is 0 Å². The maximum absolute atomic E-state index is 10.5. The Bertz CT molecular complexity index is 231. The fraction of sp³-hybridized carbons (Fsp3) is 0.400.